The number of rotatable bonds is 44. The number of carboxylic acids is 6. The van der Waals surface area contributed by atoms with E-state index in [1.165, 1.54) is 49.1 Å². The fourth-order valence-electron chi connectivity index (χ4n) is 11.0. The zero-order valence-corrected chi connectivity index (χ0v) is 55.9. The summed E-state index contributed by atoms with van der Waals surface area (Å²) in [5, 5.41) is 73.2. The molecule has 8 atom stereocenters. The van der Waals surface area contributed by atoms with Gasteiger partial charge in [-0.3, -0.25) is 76.9 Å². The number of H-pyrrole nitrogens is 1. The van der Waals surface area contributed by atoms with Crippen molar-refractivity contribution in [1.29, 1.82) is 0 Å². The summed E-state index contributed by atoms with van der Waals surface area (Å²) in [6.45, 7) is 0.733. The molecule has 3 aromatic carbocycles. The smallest absolute Gasteiger partial charge is 0.326 e. The average molecular weight is 1440 g/mol. The fourth-order valence-corrected chi connectivity index (χ4v) is 12.4. The van der Waals surface area contributed by atoms with E-state index in [-0.39, 0.29) is 59.5 Å². The molecule has 2 aromatic heterocycles. The van der Waals surface area contributed by atoms with Crippen LogP contribution >= 0.6 is 24.4 Å². The maximum Gasteiger partial charge on any atom is 0.326 e. The highest BCUT2D eigenvalue weighted by Crippen LogP contribution is 2.45. The van der Waals surface area contributed by atoms with Crippen LogP contribution in [0, 0.1) is 23.7 Å². The molecule has 6 rings (SSSR count). The molecule has 35 heteroatoms. The van der Waals surface area contributed by atoms with Crippen LogP contribution in [0.5, 0.6) is 0 Å². The second kappa shape index (κ2) is 37.8. The molecular weight excluding hydrogens is 1360 g/mol. The number of benzene rings is 3. The number of aromatic amines is 1. The number of aliphatic carboxylic acids is 6. The highest BCUT2D eigenvalue weighted by Gasteiger charge is 2.38. The molecule has 5 amide bonds. The molecular formula is C66H75N11O22S2. The Balaban J connectivity index is 1.08. The van der Waals surface area contributed by atoms with Gasteiger partial charge < -0.3 is 68.3 Å². The minimum atomic E-state index is -2.11. The van der Waals surface area contributed by atoms with Crippen molar-refractivity contribution >= 4 is 136 Å². The lowest BCUT2D eigenvalue weighted by atomic mass is 9.91. The summed E-state index contributed by atoms with van der Waals surface area (Å²) < 4.78 is 0. The Morgan fingerprint density at radius 2 is 1.10 bits per heavy atom. The van der Waals surface area contributed by atoms with E-state index in [1.807, 2.05) is 48.5 Å². The molecule has 1 aliphatic carbocycles. The second-order valence-electron chi connectivity index (χ2n) is 23.7. The zero-order valence-electron chi connectivity index (χ0n) is 54.2. The lowest BCUT2D eigenvalue weighted by molar-refractivity contribution is -0.145. The number of carbonyl (C=O) groups is 15. The molecule has 0 aliphatic heterocycles. The molecule has 1 aliphatic rings. The summed E-state index contributed by atoms with van der Waals surface area (Å²) in [5.41, 5.74) is 10.1. The standard InChI is InChI=1S/C66H75N11O22S2/c1-2-45(72-60(92)33(23-53(83)84)19-39(78)15-16-46(65(98)99)73-59(91)32-11-13-37(14-12-32)68-28-38-29-70-58-57(71-38)63(95)77-66(67)76-58)49(79)20-34(24-54(85)86)61(93)74-47(25-55(87)88)50(80)21-35(62(94)75-48(26-56(89)90)51(81)22-36(30-100)64(96)97)27-69-52(82)17-18-101-31-44-42-9-5-3-7-40(42)41-8-4-6-10-43(41)44/h3-14,29,33-36,44-48,68,100H,2,15-28,30-31H2,1H3,(H,69,82)(H,72,92)(H,73,91)(H,74,93)(H,75,94)(H,83,84)(H,85,86)(H,87,88)(H,89,90)(H,96,97)(H,98,99)(H3,67,70,76,77,95)/t33-,34-,35-,36-,45-,46-,47-,48-/m0/s1. The number of nitrogen functional groups attached to an aromatic ring is 1. The third kappa shape index (κ3) is 23.9. The van der Waals surface area contributed by atoms with Crippen molar-refractivity contribution in [2.45, 2.75) is 121 Å². The van der Waals surface area contributed by atoms with Crippen molar-refractivity contribution in [1.82, 2.24) is 46.5 Å². The molecule has 0 radical (unpaired) electrons. The van der Waals surface area contributed by atoms with Crippen molar-refractivity contribution in [2.24, 2.45) is 23.7 Å². The Bertz CT molecular complexity index is 4000. The summed E-state index contributed by atoms with van der Waals surface area (Å²) in [6.07, 6.45) is -8.32. The number of hydrogen-bond donors (Lipinski definition) is 15. The number of aromatic nitrogens is 4. The van der Waals surface area contributed by atoms with Gasteiger partial charge in [0.1, 0.15) is 11.8 Å². The summed E-state index contributed by atoms with van der Waals surface area (Å²) in [5.74, 6) is -25.6. The SMILES string of the molecule is CC[C@H](NC(=O)[C@H](CC(=O)O)CC(=O)CC[C@H](NC(=O)c1ccc(NCc2cnc3nc(N)[nH]c(=O)c3n2)cc1)C(=O)O)C(=O)C[C@@H](CC(=O)O)C(=O)N[C@@H](CC(=O)O)C(=O)C[C@@H](CNC(=O)CCSCC1c2ccccc2-c2ccccc21)C(=O)N[C@@H](CC(=O)O)C(=O)C[C@@H](CS)C(=O)O. The quantitative estimate of drug-likeness (QED) is 0.0196. The predicted molar refractivity (Wildman–Crippen MR) is 362 cm³/mol. The van der Waals surface area contributed by atoms with E-state index < -0.39 is 213 Å². The van der Waals surface area contributed by atoms with Crippen LogP contribution in [0.2, 0.25) is 0 Å². The number of carbonyl (C=O) groups excluding carboxylic acids is 9. The number of ketones is 4. The largest absolute Gasteiger partial charge is 0.481 e. The van der Waals surface area contributed by atoms with Gasteiger partial charge in [0.15, 0.2) is 28.5 Å². The van der Waals surface area contributed by atoms with Gasteiger partial charge in [0, 0.05) is 79.5 Å². The van der Waals surface area contributed by atoms with Gasteiger partial charge in [-0.2, -0.15) is 29.4 Å². The highest BCUT2D eigenvalue weighted by molar-refractivity contribution is 7.99. The zero-order chi connectivity index (χ0) is 74.2. The summed E-state index contributed by atoms with van der Waals surface area (Å²) in [7, 11) is 0. The first-order valence-corrected chi connectivity index (χ1v) is 33.4. The van der Waals surface area contributed by atoms with Gasteiger partial charge >= 0.3 is 35.8 Å². The number of nitrogens with two attached hydrogens (primary N) is 1. The van der Waals surface area contributed by atoms with Gasteiger partial charge in [0.25, 0.3) is 11.5 Å². The first-order valence-electron chi connectivity index (χ1n) is 31.6. The van der Waals surface area contributed by atoms with E-state index in [1.54, 1.807) is 0 Å². The van der Waals surface area contributed by atoms with Gasteiger partial charge in [-0.05, 0) is 59.4 Å². The van der Waals surface area contributed by atoms with Gasteiger partial charge in [-0.15, -0.1) is 0 Å². The van der Waals surface area contributed by atoms with Gasteiger partial charge in [-0.1, -0.05) is 55.5 Å². The first-order chi connectivity index (χ1) is 47.9. The van der Waals surface area contributed by atoms with Crippen LogP contribution in [0.25, 0.3) is 22.3 Å². The monoisotopic (exact) mass is 1440 g/mol. The number of thioether (sulfide) groups is 1. The van der Waals surface area contributed by atoms with Crippen LogP contribution in [0.1, 0.15) is 117 Å². The number of thiol groups is 1. The average Bonchev–Trinajstić information content (AvgIpc) is 1.62. The number of fused-ring (bicyclic) bond motifs is 4. The Morgan fingerprint density at radius 1 is 0.584 bits per heavy atom. The van der Waals surface area contributed by atoms with Gasteiger partial charge in [0.05, 0.1) is 85.9 Å². The predicted octanol–water partition coefficient (Wildman–Crippen LogP) is 2.00. The van der Waals surface area contributed by atoms with Crippen LogP contribution in [0.15, 0.2) is 83.8 Å². The normalized spacial score (nSPS) is 13.9. The Hall–Kier alpha value is -11.0. The van der Waals surface area contributed by atoms with Gasteiger partial charge in [0.2, 0.25) is 29.6 Å². The fraction of sp³-hybridized carbons (Fsp3) is 0.409. The number of anilines is 2. The lowest BCUT2D eigenvalue weighted by Gasteiger charge is -2.25. The molecule has 2 heterocycles. The van der Waals surface area contributed by atoms with Crippen molar-refractivity contribution in [3.05, 3.63) is 112 Å². The molecule has 33 nitrogen and oxygen atoms in total. The van der Waals surface area contributed by atoms with E-state index >= 15 is 0 Å². The summed E-state index contributed by atoms with van der Waals surface area (Å²) in [6, 6.07) is 14.2. The number of carboxylic acid groups (broad SMARTS) is 6. The van der Waals surface area contributed by atoms with Crippen LogP contribution < -0.4 is 43.2 Å². The third-order valence-electron chi connectivity index (χ3n) is 16.3. The van der Waals surface area contributed by atoms with Crippen molar-refractivity contribution < 1.29 is 103 Å². The van der Waals surface area contributed by atoms with Crippen molar-refractivity contribution in [3.8, 4) is 11.1 Å². The molecule has 0 saturated heterocycles. The summed E-state index contributed by atoms with van der Waals surface area (Å²) >= 11 is 5.38. The third-order valence-corrected chi connectivity index (χ3v) is 17.8. The van der Waals surface area contributed by atoms with Crippen LogP contribution in [0.3, 0.4) is 0 Å². The van der Waals surface area contributed by atoms with E-state index in [9.17, 15) is 107 Å². The number of amides is 5. The van der Waals surface area contributed by atoms with E-state index in [0.29, 0.717) is 17.1 Å². The molecule has 15 N–H and O–H groups in total. The molecule has 5 aromatic rings. The molecule has 0 fully saturated rings. The molecule has 0 bridgehead atoms. The Kier molecular flexibility index (Phi) is 29.6. The van der Waals surface area contributed by atoms with Crippen LogP contribution in [-0.4, -0.2) is 187 Å². The lowest BCUT2D eigenvalue weighted by Crippen LogP contribution is -2.50. The number of Topliss-reactive ketones (excluding diaryl/α,β-unsaturated/α-hetero) is 4. The minimum Gasteiger partial charge on any atom is -0.481 e. The van der Waals surface area contributed by atoms with E-state index in [4.69, 9.17) is 5.73 Å². The van der Waals surface area contributed by atoms with E-state index in [2.05, 4.69) is 64.5 Å². The number of hydrogen-bond acceptors (Lipinski definition) is 23. The van der Waals surface area contributed by atoms with Crippen LogP contribution in [0.4, 0.5) is 11.6 Å². The molecule has 538 valence electrons. The maximum atomic E-state index is 14.2. The first kappa shape index (κ1) is 79.0. The summed E-state index contributed by atoms with van der Waals surface area (Å²) in [4.78, 5) is 223. The van der Waals surface area contributed by atoms with Crippen LogP contribution in [-0.2, 0) is 73.7 Å². The molecule has 0 saturated carbocycles. The molecule has 0 spiro atoms. The maximum absolute atomic E-state index is 14.2. The van der Waals surface area contributed by atoms with Crippen molar-refractivity contribution in [2.75, 3.05) is 34.9 Å². The topological polar surface area (TPSA) is 547 Å². The minimum absolute atomic E-state index is 0.00206. The molecule has 101 heavy (non-hydrogen) atoms. The highest BCUT2D eigenvalue weighted by atomic mass is 32.2. The number of nitrogens with zero attached hydrogens (tertiary/aromatic N) is 3. The number of nitrogens with one attached hydrogen (secondary N) is 7. The molecule has 0 unspecified atom stereocenters. The Labute approximate surface area is 584 Å². The second-order valence-corrected chi connectivity index (χ2v) is 25.2. The van der Waals surface area contributed by atoms with E-state index in [0.717, 1.165) is 22.3 Å². The Morgan fingerprint density at radius 3 is 1.63 bits per heavy atom. The van der Waals surface area contributed by atoms with Gasteiger partial charge in [-0.25, -0.2) is 14.8 Å². The van der Waals surface area contributed by atoms with Crippen molar-refractivity contribution in [3.63, 3.8) is 0 Å².